The molecule has 1 aromatic rings. The molecule has 2 aliphatic rings. The van der Waals surface area contributed by atoms with Gasteiger partial charge in [0.2, 0.25) is 0 Å². The largest absolute Gasteiger partial charge is 0.416 e. The molecule has 4 nitrogen and oxygen atoms in total. The smallest absolute Gasteiger partial charge is 0.384 e. The second-order valence-corrected chi connectivity index (χ2v) is 5.16. The molecule has 0 spiro atoms. The Kier molecular flexibility index (Phi) is 3.50. The average Bonchev–Trinajstić information content (AvgIpc) is 3.20. The maximum absolute atomic E-state index is 12.5. The zero-order valence-corrected chi connectivity index (χ0v) is 11.6. The van der Waals surface area contributed by atoms with Crippen molar-refractivity contribution in [1.82, 2.24) is 9.98 Å². The monoisotopic (exact) mass is 307 g/mol. The van der Waals surface area contributed by atoms with E-state index in [1.165, 1.54) is 12.1 Å². The van der Waals surface area contributed by atoms with Gasteiger partial charge in [-0.2, -0.15) is 13.2 Å². The van der Waals surface area contributed by atoms with Gasteiger partial charge in [-0.1, -0.05) is 0 Å². The van der Waals surface area contributed by atoms with Crippen LogP contribution in [0.4, 0.5) is 13.2 Å². The Morgan fingerprint density at radius 2 is 1.91 bits per heavy atom. The summed E-state index contributed by atoms with van der Waals surface area (Å²) in [4.78, 5) is 4.24. The Bertz CT molecular complexity index is 703. The first-order valence-electron chi connectivity index (χ1n) is 6.83. The molecule has 0 saturated heterocycles. The highest BCUT2D eigenvalue weighted by molar-refractivity contribution is 6.20. The van der Waals surface area contributed by atoms with Crippen molar-refractivity contribution in [2.45, 2.75) is 25.1 Å². The molecule has 0 unspecified atom stereocenters. The summed E-state index contributed by atoms with van der Waals surface area (Å²) in [5, 5.41) is 2.97. The molecule has 0 bridgehead atoms. The van der Waals surface area contributed by atoms with Gasteiger partial charge >= 0.3 is 17.8 Å². The molecule has 0 radical (unpaired) electrons. The summed E-state index contributed by atoms with van der Waals surface area (Å²) in [6.07, 6.45) is 1.19. The van der Waals surface area contributed by atoms with E-state index in [4.69, 9.17) is 5.73 Å². The summed E-state index contributed by atoms with van der Waals surface area (Å²) < 4.78 is 41.6. The highest BCUT2D eigenvalue weighted by atomic mass is 19.4. The average molecular weight is 307 g/mol. The van der Waals surface area contributed by atoms with Crippen LogP contribution in [0.5, 0.6) is 0 Å². The summed E-state index contributed by atoms with van der Waals surface area (Å²) in [5.41, 5.74) is 5.64. The fourth-order valence-electron chi connectivity index (χ4n) is 1.90. The zero-order valence-electron chi connectivity index (χ0n) is 11.6. The highest BCUT2D eigenvalue weighted by Gasteiger charge is 2.31. The van der Waals surface area contributed by atoms with Crippen LogP contribution in [0.15, 0.2) is 41.4 Å². The SMILES string of the molecule is NC(/C=C\C1=[N+]=C(c2ccc(C(F)(F)F)cc2)N1)=NC1CC1. The van der Waals surface area contributed by atoms with E-state index in [1.807, 2.05) is 0 Å². The normalized spacial score (nSPS) is 18.6. The van der Waals surface area contributed by atoms with Gasteiger partial charge in [-0.3, -0.25) is 4.99 Å². The van der Waals surface area contributed by atoms with Crippen molar-refractivity contribution in [2.24, 2.45) is 10.7 Å². The molecule has 7 heteroatoms. The number of aliphatic imine (C=N–C) groups is 1. The fourth-order valence-corrected chi connectivity index (χ4v) is 1.90. The third kappa shape index (κ3) is 3.38. The first-order chi connectivity index (χ1) is 10.4. The van der Waals surface area contributed by atoms with Gasteiger partial charge in [-0.25, -0.2) is 9.98 Å². The lowest BCUT2D eigenvalue weighted by molar-refractivity contribution is -0.137. The van der Waals surface area contributed by atoms with Gasteiger partial charge in [0.15, 0.2) is 0 Å². The summed E-state index contributed by atoms with van der Waals surface area (Å²) in [6.45, 7) is 0. The molecule has 0 aromatic heterocycles. The van der Waals surface area contributed by atoms with Gasteiger partial charge in [0.05, 0.1) is 17.2 Å². The third-order valence-corrected chi connectivity index (χ3v) is 3.25. The Morgan fingerprint density at radius 3 is 2.45 bits per heavy atom. The summed E-state index contributed by atoms with van der Waals surface area (Å²) >= 11 is 0. The number of nitrogens with two attached hydrogens (primary N) is 1. The molecule has 22 heavy (non-hydrogen) atoms. The Morgan fingerprint density at radius 1 is 1.27 bits per heavy atom. The second kappa shape index (κ2) is 5.35. The molecular formula is C15H14F3N4+. The van der Waals surface area contributed by atoms with Crippen molar-refractivity contribution in [2.75, 3.05) is 0 Å². The molecule has 3 N–H and O–H groups in total. The van der Waals surface area contributed by atoms with E-state index in [0.717, 1.165) is 25.0 Å². The topological polar surface area (TPSA) is 64.5 Å². The molecule has 1 fully saturated rings. The molecular weight excluding hydrogens is 293 g/mol. The Balaban J connectivity index is 1.69. The van der Waals surface area contributed by atoms with Crippen molar-refractivity contribution in [3.05, 3.63) is 47.5 Å². The number of benzene rings is 1. The number of nitrogens with one attached hydrogen (secondary N) is 1. The molecule has 1 heterocycles. The summed E-state index contributed by atoms with van der Waals surface area (Å²) in [7, 11) is 0. The van der Waals surface area contributed by atoms with Crippen LogP contribution < -0.4 is 15.7 Å². The third-order valence-electron chi connectivity index (χ3n) is 3.25. The molecule has 1 aromatic carbocycles. The van der Waals surface area contributed by atoms with Crippen LogP contribution >= 0.6 is 0 Å². The number of rotatable bonds is 4. The van der Waals surface area contributed by atoms with Crippen molar-refractivity contribution in [1.29, 1.82) is 0 Å². The van der Waals surface area contributed by atoms with Gasteiger partial charge in [0, 0.05) is 6.08 Å². The number of hydrogen-bond acceptors (Lipinski definition) is 2. The van der Waals surface area contributed by atoms with E-state index < -0.39 is 11.7 Å². The van der Waals surface area contributed by atoms with E-state index >= 15 is 0 Å². The maximum Gasteiger partial charge on any atom is 0.416 e. The standard InChI is InChI=1S/C15H13F3N4/c16-15(17,18)10-3-1-9(2-4-10)14-21-13(22-14)8-7-12(19)20-11-5-6-11/h1-4,7-8,11H,5-6H2,(H2,19,20)/p+1/b8-7-. The highest BCUT2D eigenvalue weighted by Crippen LogP contribution is 2.29. The number of halogens is 3. The maximum atomic E-state index is 12.5. The number of alkyl halides is 3. The van der Waals surface area contributed by atoms with Crippen LogP contribution in [0, 0.1) is 0 Å². The van der Waals surface area contributed by atoms with Crippen molar-refractivity contribution >= 4 is 17.5 Å². The zero-order chi connectivity index (χ0) is 15.7. The lowest BCUT2D eigenvalue weighted by Gasteiger charge is -2.08. The lowest BCUT2D eigenvalue weighted by atomic mass is 10.1. The van der Waals surface area contributed by atoms with E-state index in [-0.39, 0.29) is 0 Å². The van der Waals surface area contributed by atoms with Gasteiger partial charge in [0.25, 0.3) is 0 Å². The van der Waals surface area contributed by atoms with Gasteiger partial charge in [-0.05, 0) is 43.2 Å². The first-order valence-corrected chi connectivity index (χ1v) is 6.83. The van der Waals surface area contributed by atoms with Crippen LogP contribution in [0.1, 0.15) is 24.0 Å². The molecule has 0 amide bonds. The quantitative estimate of drug-likeness (QED) is 0.504. The Hall–Kier alpha value is -2.53. The molecule has 1 aliphatic heterocycles. The Labute approximate surface area is 125 Å². The minimum atomic E-state index is -4.33. The fraction of sp³-hybridized carbons (Fsp3) is 0.267. The van der Waals surface area contributed by atoms with Crippen molar-refractivity contribution < 1.29 is 13.2 Å². The first kappa shape index (κ1) is 14.4. The molecule has 114 valence electrons. The predicted molar refractivity (Wildman–Crippen MR) is 79.6 cm³/mol. The van der Waals surface area contributed by atoms with E-state index in [9.17, 15) is 13.2 Å². The molecule has 1 saturated carbocycles. The van der Waals surface area contributed by atoms with Gasteiger partial charge in [-0.15, -0.1) is 0 Å². The molecule has 0 atom stereocenters. The predicted octanol–water partition coefficient (Wildman–Crippen LogP) is 1.60. The van der Waals surface area contributed by atoms with Crippen LogP contribution in [0.25, 0.3) is 0 Å². The van der Waals surface area contributed by atoms with E-state index in [1.54, 1.807) is 12.2 Å². The molecule has 3 rings (SSSR count). The summed E-state index contributed by atoms with van der Waals surface area (Å²) in [5.74, 6) is 1.59. The van der Waals surface area contributed by atoms with E-state index in [0.29, 0.717) is 29.1 Å². The molecule has 1 aliphatic carbocycles. The number of hydrogen-bond donors (Lipinski definition) is 2. The van der Waals surface area contributed by atoms with Crippen LogP contribution in [0.3, 0.4) is 0 Å². The van der Waals surface area contributed by atoms with Crippen LogP contribution in [0.2, 0.25) is 0 Å². The van der Waals surface area contributed by atoms with Crippen LogP contribution in [-0.4, -0.2) is 23.5 Å². The minimum absolute atomic E-state index is 0.357. The second-order valence-electron chi connectivity index (χ2n) is 5.16. The number of amidine groups is 3. The number of nitrogens with zero attached hydrogens (tertiary/aromatic N) is 2. The summed E-state index contributed by atoms with van der Waals surface area (Å²) in [6, 6.07) is 5.20. The van der Waals surface area contributed by atoms with E-state index in [2.05, 4.69) is 15.0 Å². The van der Waals surface area contributed by atoms with Crippen molar-refractivity contribution in [3.63, 3.8) is 0 Å². The van der Waals surface area contributed by atoms with Gasteiger partial charge < -0.3 is 5.73 Å². The van der Waals surface area contributed by atoms with Crippen LogP contribution in [-0.2, 0) is 6.18 Å². The minimum Gasteiger partial charge on any atom is -0.384 e. The van der Waals surface area contributed by atoms with Crippen molar-refractivity contribution in [3.8, 4) is 0 Å². The van der Waals surface area contributed by atoms with Gasteiger partial charge in [0.1, 0.15) is 5.84 Å². The lowest BCUT2D eigenvalue weighted by Crippen LogP contribution is -2.43.